The number of aryl methyl sites for hydroxylation is 1. The zero-order valence-corrected chi connectivity index (χ0v) is 15.8. The van der Waals surface area contributed by atoms with Crippen LogP contribution < -0.4 is 0 Å². The second kappa shape index (κ2) is 6.44. The van der Waals surface area contributed by atoms with Gasteiger partial charge in [-0.1, -0.05) is 24.3 Å². The number of hydrogen-bond acceptors (Lipinski definition) is 6. The zero-order valence-electron chi connectivity index (χ0n) is 15.0. The molecular weight excluding hydrogens is 354 g/mol. The van der Waals surface area contributed by atoms with Crippen molar-refractivity contribution in [2.24, 2.45) is 0 Å². The summed E-state index contributed by atoms with van der Waals surface area (Å²) in [5.41, 5.74) is 2.22. The second-order valence-corrected chi connectivity index (χ2v) is 9.25. The third kappa shape index (κ3) is 3.06. The number of benzene rings is 1. The van der Waals surface area contributed by atoms with Gasteiger partial charge in [-0.05, 0) is 37.3 Å². The molecule has 2 aromatic rings. The molecule has 0 saturated carbocycles. The molecule has 2 atom stereocenters. The van der Waals surface area contributed by atoms with Crippen LogP contribution in [-0.4, -0.2) is 48.9 Å². The molecule has 2 heterocycles. The number of morpholine rings is 1. The number of fused-ring (bicyclic) bond motifs is 1. The SMILES string of the molecule is C[C@@]1(c2nnc([C@H]3CN(S(C)(=O)=O)CCO3)o2)CCCc2ccccc21. The molecule has 1 aromatic heterocycles. The fourth-order valence-corrected chi connectivity index (χ4v) is 4.74. The summed E-state index contributed by atoms with van der Waals surface area (Å²) in [7, 11) is -3.27. The van der Waals surface area contributed by atoms with Crippen LogP contribution in [0.5, 0.6) is 0 Å². The van der Waals surface area contributed by atoms with E-state index in [0.29, 0.717) is 24.9 Å². The normalized spacial score (nSPS) is 27.2. The molecule has 0 radical (unpaired) electrons. The van der Waals surface area contributed by atoms with E-state index in [9.17, 15) is 8.42 Å². The van der Waals surface area contributed by atoms with Gasteiger partial charge in [-0.3, -0.25) is 0 Å². The Hall–Kier alpha value is -1.77. The largest absolute Gasteiger partial charge is 0.421 e. The molecule has 4 rings (SSSR count). The van der Waals surface area contributed by atoms with Crippen LogP contribution in [0.25, 0.3) is 0 Å². The molecule has 1 saturated heterocycles. The lowest BCUT2D eigenvalue weighted by atomic mass is 9.71. The smallest absolute Gasteiger partial charge is 0.246 e. The Bertz CT molecular complexity index is 911. The van der Waals surface area contributed by atoms with Crippen molar-refractivity contribution in [1.29, 1.82) is 0 Å². The molecule has 8 heteroatoms. The van der Waals surface area contributed by atoms with E-state index in [4.69, 9.17) is 9.15 Å². The van der Waals surface area contributed by atoms with Crippen LogP contribution >= 0.6 is 0 Å². The Morgan fingerprint density at radius 1 is 1.27 bits per heavy atom. The van der Waals surface area contributed by atoms with Crippen molar-refractivity contribution in [3.8, 4) is 0 Å². The number of nitrogens with zero attached hydrogens (tertiary/aromatic N) is 3. The van der Waals surface area contributed by atoms with E-state index in [1.807, 2.05) is 6.07 Å². The lowest BCUT2D eigenvalue weighted by molar-refractivity contribution is -0.0180. The Labute approximate surface area is 153 Å². The molecular formula is C18H23N3O4S. The highest BCUT2D eigenvalue weighted by Crippen LogP contribution is 2.42. The summed E-state index contributed by atoms with van der Waals surface area (Å²) in [6.45, 7) is 3.00. The fourth-order valence-electron chi connectivity index (χ4n) is 3.93. The number of rotatable bonds is 3. The quantitative estimate of drug-likeness (QED) is 0.814. The first kappa shape index (κ1) is 17.6. The monoisotopic (exact) mass is 377 g/mol. The first-order valence-corrected chi connectivity index (χ1v) is 10.7. The minimum absolute atomic E-state index is 0.202. The molecule has 1 fully saturated rings. The molecule has 0 spiro atoms. The molecule has 0 N–H and O–H groups in total. The van der Waals surface area contributed by atoms with Crippen LogP contribution in [0, 0.1) is 0 Å². The van der Waals surface area contributed by atoms with E-state index in [1.54, 1.807) is 0 Å². The highest BCUT2D eigenvalue weighted by molar-refractivity contribution is 7.88. The first-order chi connectivity index (χ1) is 12.4. The van der Waals surface area contributed by atoms with Crippen LogP contribution in [0.2, 0.25) is 0 Å². The van der Waals surface area contributed by atoms with Gasteiger partial charge < -0.3 is 9.15 Å². The van der Waals surface area contributed by atoms with E-state index < -0.39 is 16.1 Å². The predicted octanol–water partition coefficient (Wildman–Crippen LogP) is 2.04. The Morgan fingerprint density at radius 2 is 2.08 bits per heavy atom. The highest BCUT2D eigenvalue weighted by Gasteiger charge is 2.39. The van der Waals surface area contributed by atoms with Crippen molar-refractivity contribution in [2.75, 3.05) is 26.0 Å². The number of hydrogen-bond donors (Lipinski definition) is 0. The van der Waals surface area contributed by atoms with Crippen molar-refractivity contribution in [3.05, 3.63) is 47.2 Å². The lowest BCUT2D eigenvalue weighted by Gasteiger charge is -2.33. The van der Waals surface area contributed by atoms with Gasteiger partial charge in [0.1, 0.15) is 6.10 Å². The minimum Gasteiger partial charge on any atom is -0.421 e. The highest BCUT2D eigenvalue weighted by atomic mass is 32.2. The molecule has 1 aromatic carbocycles. The molecule has 140 valence electrons. The predicted molar refractivity (Wildman–Crippen MR) is 95.2 cm³/mol. The van der Waals surface area contributed by atoms with Crippen molar-refractivity contribution in [2.45, 2.75) is 37.7 Å². The van der Waals surface area contributed by atoms with Gasteiger partial charge >= 0.3 is 0 Å². The van der Waals surface area contributed by atoms with Crippen molar-refractivity contribution in [1.82, 2.24) is 14.5 Å². The van der Waals surface area contributed by atoms with Gasteiger partial charge in [0.2, 0.25) is 21.8 Å². The fraction of sp³-hybridized carbons (Fsp3) is 0.556. The summed E-state index contributed by atoms with van der Waals surface area (Å²) in [5.74, 6) is 0.914. The van der Waals surface area contributed by atoms with Crippen molar-refractivity contribution in [3.63, 3.8) is 0 Å². The van der Waals surface area contributed by atoms with Crippen LogP contribution in [0.1, 0.15) is 48.8 Å². The molecule has 7 nitrogen and oxygen atoms in total. The Kier molecular flexibility index (Phi) is 4.37. The summed E-state index contributed by atoms with van der Waals surface area (Å²) in [5, 5.41) is 8.49. The summed E-state index contributed by atoms with van der Waals surface area (Å²) in [6.07, 6.45) is 3.73. The van der Waals surface area contributed by atoms with Crippen LogP contribution in [-0.2, 0) is 26.6 Å². The van der Waals surface area contributed by atoms with Gasteiger partial charge in [0.25, 0.3) is 0 Å². The zero-order chi connectivity index (χ0) is 18.4. The molecule has 26 heavy (non-hydrogen) atoms. The summed E-state index contributed by atoms with van der Waals surface area (Å²) >= 11 is 0. The topological polar surface area (TPSA) is 85.5 Å². The maximum Gasteiger partial charge on any atom is 0.246 e. The summed E-state index contributed by atoms with van der Waals surface area (Å²) in [6, 6.07) is 8.37. The Morgan fingerprint density at radius 3 is 2.88 bits per heavy atom. The number of aromatic nitrogens is 2. The van der Waals surface area contributed by atoms with Gasteiger partial charge in [0, 0.05) is 13.1 Å². The van der Waals surface area contributed by atoms with Gasteiger partial charge in [0.15, 0.2) is 0 Å². The molecule has 0 unspecified atom stereocenters. The maximum atomic E-state index is 11.8. The summed E-state index contributed by atoms with van der Waals surface area (Å²) in [4.78, 5) is 0. The van der Waals surface area contributed by atoms with E-state index >= 15 is 0 Å². The third-order valence-corrected chi connectivity index (χ3v) is 6.69. The molecule has 2 aliphatic rings. The van der Waals surface area contributed by atoms with Gasteiger partial charge in [0.05, 0.1) is 18.3 Å². The second-order valence-electron chi connectivity index (χ2n) is 7.27. The average Bonchev–Trinajstić information content (AvgIpc) is 3.13. The number of sulfonamides is 1. The van der Waals surface area contributed by atoms with Crippen LogP contribution in [0.3, 0.4) is 0 Å². The van der Waals surface area contributed by atoms with Crippen LogP contribution in [0.15, 0.2) is 28.7 Å². The lowest BCUT2D eigenvalue weighted by Crippen LogP contribution is -2.41. The molecule has 0 bridgehead atoms. The van der Waals surface area contributed by atoms with E-state index in [-0.39, 0.29) is 12.0 Å². The van der Waals surface area contributed by atoms with Crippen molar-refractivity contribution < 1.29 is 17.6 Å². The molecule has 1 aliphatic carbocycles. The average molecular weight is 377 g/mol. The standard InChI is InChI=1S/C18H23N3O4S/c1-18(9-5-7-13-6-3-4-8-14(13)18)17-20-19-16(25-17)15-12-21(10-11-24-15)26(2,22)23/h3-4,6,8,15H,5,7,9-12H2,1-2H3/t15-,18-/m1/s1. The van der Waals surface area contributed by atoms with Gasteiger partial charge in [-0.25, -0.2) is 8.42 Å². The van der Waals surface area contributed by atoms with E-state index in [2.05, 4.69) is 35.3 Å². The van der Waals surface area contributed by atoms with Gasteiger partial charge in [-0.15, -0.1) is 10.2 Å². The summed E-state index contributed by atoms with van der Waals surface area (Å²) < 4.78 is 36.7. The van der Waals surface area contributed by atoms with Crippen LogP contribution in [0.4, 0.5) is 0 Å². The third-order valence-electron chi connectivity index (χ3n) is 5.42. The Balaban J connectivity index is 1.63. The van der Waals surface area contributed by atoms with E-state index in [0.717, 1.165) is 19.3 Å². The minimum atomic E-state index is -3.27. The van der Waals surface area contributed by atoms with Gasteiger partial charge in [-0.2, -0.15) is 4.31 Å². The molecule has 0 amide bonds. The number of ether oxygens (including phenoxy) is 1. The molecule has 1 aliphatic heterocycles. The first-order valence-electron chi connectivity index (χ1n) is 8.87. The maximum absolute atomic E-state index is 11.8. The van der Waals surface area contributed by atoms with E-state index in [1.165, 1.54) is 21.7 Å². The van der Waals surface area contributed by atoms with Crippen molar-refractivity contribution >= 4 is 10.0 Å².